The van der Waals surface area contributed by atoms with E-state index in [1.807, 2.05) is 81.4 Å². The van der Waals surface area contributed by atoms with Crippen molar-refractivity contribution in [3.8, 4) is 0 Å². The van der Waals surface area contributed by atoms with Crippen molar-refractivity contribution in [3.05, 3.63) is 71.8 Å². The second kappa shape index (κ2) is 13.3. The van der Waals surface area contributed by atoms with Gasteiger partial charge >= 0.3 is 5.97 Å². The quantitative estimate of drug-likeness (QED) is 0.493. The Morgan fingerprint density at radius 1 is 0.882 bits per heavy atom. The first kappa shape index (κ1) is 29.3. The number of rotatable bonds is 10. The molecular weight excluding hydrogens is 430 g/mol. The molecule has 0 saturated heterocycles. The number of amides is 1. The van der Waals surface area contributed by atoms with Crippen molar-refractivity contribution in [2.75, 3.05) is 20.8 Å². The van der Waals surface area contributed by atoms with Gasteiger partial charge in [0, 0.05) is 19.3 Å². The van der Waals surface area contributed by atoms with Gasteiger partial charge in [-0.15, -0.1) is 0 Å². The second-order valence-corrected chi connectivity index (χ2v) is 9.64. The summed E-state index contributed by atoms with van der Waals surface area (Å²) in [6.07, 6.45) is 1.02. The SMILES string of the molecule is COC(=O)C(C)(C)C(C)(C)NC(=O)C(C)(CCCO)c1ccccc1.COCc1ccccc1. The summed E-state index contributed by atoms with van der Waals surface area (Å²) in [5.74, 6) is -0.552. The largest absolute Gasteiger partial charge is 0.469 e. The summed E-state index contributed by atoms with van der Waals surface area (Å²) in [4.78, 5) is 25.3. The van der Waals surface area contributed by atoms with Gasteiger partial charge in [-0.05, 0) is 58.6 Å². The summed E-state index contributed by atoms with van der Waals surface area (Å²) in [5.41, 5.74) is -0.404. The van der Waals surface area contributed by atoms with Gasteiger partial charge in [0.2, 0.25) is 5.91 Å². The fourth-order valence-corrected chi connectivity index (χ4v) is 3.46. The van der Waals surface area contributed by atoms with Gasteiger partial charge in [0.15, 0.2) is 0 Å². The normalized spacial score (nSPS) is 13.2. The number of benzene rings is 2. The summed E-state index contributed by atoms with van der Waals surface area (Å²) in [6.45, 7) is 9.75. The molecule has 2 N–H and O–H groups in total. The first-order chi connectivity index (χ1) is 16.0. The monoisotopic (exact) mass is 471 g/mol. The first-order valence-corrected chi connectivity index (χ1v) is 11.6. The Labute approximate surface area is 204 Å². The van der Waals surface area contributed by atoms with Crippen LogP contribution in [0.4, 0.5) is 0 Å². The van der Waals surface area contributed by atoms with Gasteiger partial charge in [0.25, 0.3) is 0 Å². The molecule has 2 aromatic rings. The highest BCUT2D eigenvalue weighted by Crippen LogP contribution is 2.35. The summed E-state index contributed by atoms with van der Waals surface area (Å²) in [6, 6.07) is 19.6. The van der Waals surface area contributed by atoms with E-state index in [1.165, 1.54) is 12.7 Å². The third kappa shape index (κ3) is 7.67. The van der Waals surface area contributed by atoms with E-state index >= 15 is 0 Å². The summed E-state index contributed by atoms with van der Waals surface area (Å²) >= 11 is 0. The molecule has 2 rings (SSSR count). The number of carbonyl (C=O) groups is 2. The van der Waals surface area contributed by atoms with Gasteiger partial charge in [-0.3, -0.25) is 9.59 Å². The minimum Gasteiger partial charge on any atom is -0.469 e. The predicted octanol–water partition coefficient (Wildman–Crippen LogP) is 4.64. The molecule has 0 fully saturated rings. The third-order valence-corrected chi connectivity index (χ3v) is 6.59. The predicted molar refractivity (Wildman–Crippen MR) is 135 cm³/mol. The molecule has 0 spiro atoms. The van der Waals surface area contributed by atoms with Crippen LogP contribution in [-0.4, -0.2) is 43.3 Å². The molecule has 0 aliphatic carbocycles. The lowest BCUT2D eigenvalue weighted by Crippen LogP contribution is -2.60. The van der Waals surface area contributed by atoms with Crippen LogP contribution in [0.2, 0.25) is 0 Å². The van der Waals surface area contributed by atoms with Gasteiger partial charge in [0.1, 0.15) is 0 Å². The summed E-state index contributed by atoms with van der Waals surface area (Å²) in [5, 5.41) is 12.3. The van der Waals surface area contributed by atoms with Crippen LogP contribution in [0.5, 0.6) is 0 Å². The van der Waals surface area contributed by atoms with Crippen molar-refractivity contribution in [3.63, 3.8) is 0 Å². The number of carbonyl (C=O) groups excluding carboxylic acids is 2. The molecule has 0 aromatic heterocycles. The molecule has 1 unspecified atom stereocenters. The standard InChI is InChI=1S/C20H31NO4.C8H10O/c1-18(2,17(24)25-6)19(3,4)21-16(23)20(5,13-10-14-22)15-11-8-7-9-12-15;1-9-7-8-5-3-2-4-6-8/h7-9,11-12,22H,10,13-14H2,1-6H3,(H,21,23);2-6H,7H2,1H3. The molecular formula is C28H41NO5. The molecule has 0 aliphatic rings. The van der Waals surface area contributed by atoms with Crippen molar-refractivity contribution in [2.24, 2.45) is 5.41 Å². The molecule has 0 heterocycles. The zero-order chi connectivity index (χ0) is 25.8. The van der Waals surface area contributed by atoms with E-state index < -0.39 is 16.4 Å². The minimum atomic E-state index is -0.897. The lowest BCUT2D eigenvalue weighted by Gasteiger charge is -2.42. The Morgan fingerprint density at radius 3 is 1.88 bits per heavy atom. The molecule has 2 aromatic carbocycles. The van der Waals surface area contributed by atoms with Gasteiger partial charge in [0.05, 0.1) is 24.5 Å². The minimum absolute atomic E-state index is 0.0206. The number of hydrogen-bond donors (Lipinski definition) is 2. The molecule has 0 radical (unpaired) electrons. The van der Waals surface area contributed by atoms with E-state index in [-0.39, 0.29) is 18.5 Å². The fourth-order valence-electron chi connectivity index (χ4n) is 3.46. The van der Waals surface area contributed by atoms with Crippen LogP contribution in [0.3, 0.4) is 0 Å². The molecule has 34 heavy (non-hydrogen) atoms. The third-order valence-electron chi connectivity index (χ3n) is 6.59. The molecule has 0 aliphatic heterocycles. The highest BCUT2D eigenvalue weighted by Gasteiger charge is 2.47. The van der Waals surface area contributed by atoms with E-state index in [4.69, 9.17) is 9.47 Å². The van der Waals surface area contributed by atoms with Crippen LogP contribution in [-0.2, 0) is 31.1 Å². The number of esters is 1. The lowest BCUT2D eigenvalue weighted by atomic mass is 9.72. The average Bonchev–Trinajstić information content (AvgIpc) is 2.83. The number of aliphatic hydroxyl groups excluding tert-OH is 1. The molecule has 1 amide bonds. The van der Waals surface area contributed by atoms with Crippen molar-refractivity contribution >= 4 is 11.9 Å². The number of ether oxygens (including phenoxy) is 2. The maximum absolute atomic E-state index is 13.2. The van der Waals surface area contributed by atoms with Crippen LogP contribution >= 0.6 is 0 Å². The molecule has 0 bridgehead atoms. The van der Waals surface area contributed by atoms with Crippen molar-refractivity contribution in [1.29, 1.82) is 0 Å². The van der Waals surface area contributed by atoms with Gasteiger partial charge in [-0.2, -0.15) is 0 Å². The molecule has 188 valence electrons. The summed E-state index contributed by atoms with van der Waals surface area (Å²) < 4.78 is 9.82. The first-order valence-electron chi connectivity index (χ1n) is 11.6. The van der Waals surface area contributed by atoms with Crippen LogP contribution in [0.25, 0.3) is 0 Å². The highest BCUT2D eigenvalue weighted by molar-refractivity contribution is 5.89. The van der Waals surface area contributed by atoms with Crippen molar-refractivity contribution in [2.45, 2.75) is 65.0 Å². The van der Waals surface area contributed by atoms with Crippen LogP contribution in [0.1, 0.15) is 58.6 Å². The van der Waals surface area contributed by atoms with Crippen molar-refractivity contribution < 1.29 is 24.2 Å². The Kier molecular flexibility index (Phi) is 11.4. The molecule has 6 nitrogen and oxygen atoms in total. The highest BCUT2D eigenvalue weighted by atomic mass is 16.5. The molecule has 6 heteroatoms. The topological polar surface area (TPSA) is 84.9 Å². The van der Waals surface area contributed by atoms with E-state index in [9.17, 15) is 14.7 Å². The van der Waals surface area contributed by atoms with Crippen LogP contribution < -0.4 is 5.32 Å². The maximum atomic E-state index is 13.2. The molecule has 0 saturated carbocycles. The van der Waals surface area contributed by atoms with Crippen molar-refractivity contribution in [1.82, 2.24) is 5.32 Å². The van der Waals surface area contributed by atoms with E-state index in [0.717, 1.165) is 5.56 Å². The zero-order valence-electron chi connectivity index (χ0n) is 21.7. The smallest absolute Gasteiger partial charge is 0.313 e. The number of aliphatic hydroxyl groups is 1. The van der Waals surface area contributed by atoms with Crippen LogP contribution in [0, 0.1) is 5.41 Å². The Morgan fingerprint density at radius 2 is 1.41 bits per heavy atom. The van der Waals surface area contributed by atoms with Crippen LogP contribution in [0.15, 0.2) is 60.7 Å². The number of hydrogen-bond acceptors (Lipinski definition) is 5. The Balaban J connectivity index is 0.000000533. The fraction of sp³-hybridized carbons (Fsp3) is 0.500. The van der Waals surface area contributed by atoms with Gasteiger partial charge in [-0.1, -0.05) is 60.7 Å². The number of methoxy groups -OCH3 is 2. The average molecular weight is 472 g/mol. The number of nitrogens with one attached hydrogen (secondary N) is 1. The Bertz CT molecular complexity index is 880. The second-order valence-electron chi connectivity index (χ2n) is 9.64. The van der Waals surface area contributed by atoms with Gasteiger partial charge < -0.3 is 19.9 Å². The summed E-state index contributed by atoms with van der Waals surface area (Å²) in [7, 11) is 3.05. The zero-order valence-corrected chi connectivity index (χ0v) is 21.7. The van der Waals surface area contributed by atoms with E-state index in [2.05, 4.69) is 5.32 Å². The Hall–Kier alpha value is -2.70. The lowest BCUT2D eigenvalue weighted by molar-refractivity contribution is -0.156. The maximum Gasteiger partial charge on any atom is 0.313 e. The van der Waals surface area contributed by atoms with Gasteiger partial charge in [-0.25, -0.2) is 0 Å². The van der Waals surface area contributed by atoms with E-state index in [0.29, 0.717) is 19.4 Å². The molecule has 1 atom stereocenters. The van der Waals surface area contributed by atoms with E-state index in [1.54, 1.807) is 21.0 Å².